The highest BCUT2D eigenvalue weighted by Crippen LogP contribution is 2.33. The van der Waals surface area contributed by atoms with Crippen LogP contribution >= 0.6 is 11.3 Å². The minimum absolute atomic E-state index is 0.196. The molecule has 0 aliphatic heterocycles. The van der Waals surface area contributed by atoms with E-state index in [1.54, 1.807) is 17.6 Å². The largest absolute Gasteiger partial charge is 0.491 e. The summed E-state index contributed by atoms with van der Waals surface area (Å²) in [6.45, 7) is 1.18. The second-order valence-electron chi connectivity index (χ2n) is 5.85. The van der Waals surface area contributed by atoms with E-state index in [-0.39, 0.29) is 6.61 Å². The summed E-state index contributed by atoms with van der Waals surface area (Å²) in [5, 5.41) is 19.3. The summed E-state index contributed by atoms with van der Waals surface area (Å²) < 4.78 is 17.3. The van der Waals surface area contributed by atoms with Crippen LogP contribution < -0.4 is 10.1 Å². The SMILES string of the molecule is OC(CNCc1ccco1)COc1cccc(-c2noc3ccsc23)c1. The number of rotatable bonds is 8. The Morgan fingerprint density at radius 1 is 1.23 bits per heavy atom. The number of benzene rings is 1. The minimum Gasteiger partial charge on any atom is -0.491 e. The lowest BCUT2D eigenvalue weighted by Gasteiger charge is -2.13. The summed E-state index contributed by atoms with van der Waals surface area (Å²) >= 11 is 1.59. The van der Waals surface area contributed by atoms with E-state index in [0.717, 1.165) is 27.3 Å². The van der Waals surface area contributed by atoms with E-state index >= 15 is 0 Å². The Balaban J connectivity index is 1.33. The van der Waals surface area contributed by atoms with Crippen LogP contribution in [0.4, 0.5) is 0 Å². The van der Waals surface area contributed by atoms with E-state index < -0.39 is 6.10 Å². The van der Waals surface area contributed by atoms with Crippen LogP contribution in [0.3, 0.4) is 0 Å². The molecule has 0 aliphatic carbocycles. The third kappa shape index (κ3) is 3.80. The number of hydrogen-bond donors (Lipinski definition) is 2. The average molecular weight is 370 g/mol. The Hall–Kier alpha value is -2.61. The lowest BCUT2D eigenvalue weighted by molar-refractivity contribution is 0.106. The van der Waals surface area contributed by atoms with Gasteiger partial charge in [0.05, 0.1) is 12.8 Å². The zero-order valence-electron chi connectivity index (χ0n) is 13.9. The van der Waals surface area contributed by atoms with Crippen molar-refractivity contribution >= 4 is 21.6 Å². The number of hydrogen-bond acceptors (Lipinski definition) is 7. The van der Waals surface area contributed by atoms with E-state index in [9.17, 15) is 5.11 Å². The van der Waals surface area contributed by atoms with Crippen molar-refractivity contribution < 1.29 is 18.8 Å². The maximum atomic E-state index is 10.1. The fourth-order valence-corrected chi connectivity index (χ4v) is 3.44. The van der Waals surface area contributed by atoms with Crippen LogP contribution in [0, 0.1) is 0 Å². The first-order valence-electron chi connectivity index (χ1n) is 8.27. The summed E-state index contributed by atoms with van der Waals surface area (Å²) in [5.74, 6) is 1.51. The van der Waals surface area contributed by atoms with Gasteiger partial charge in [0.1, 0.15) is 34.6 Å². The molecule has 4 rings (SSSR count). The van der Waals surface area contributed by atoms with Crippen LogP contribution in [-0.2, 0) is 6.54 Å². The Bertz CT molecular complexity index is 961. The summed E-state index contributed by atoms with van der Waals surface area (Å²) in [7, 11) is 0. The number of nitrogens with zero attached hydrogens (tertiary/aromatic N) is 1. The predicted molar refractivity (Wildman–Crippen MR) is 99.2 cm³/mol. The molecule has 0 aliphatic rings. The third-order valence-electron chi connectivity index (χ3n) is 3.89. The van der Waals surface area contributed by atoms with Gasteiger partial charge in [-0.25, -0.2) is 0 Å². The highest BCUT2D eigenvalue weighted by Gasteiger charge is 2.12. The number of aromatic nitrogens is 1. The fraction of sp³-hybridized carbons (Fsp3) is 0.211. The molecule has 0 fully saturated rings. The number of aliphatic hydroxyl groups is 1. The maximum absolute atomic E-state index is 10.1. The molecule has 134 valence electrons. The molecule has 2 N–H and O–H groups in total. The quantitative estimate of drug-likeness (QED) is 0.492. The van der Waals surface area contributed by atoms with Gasteiger partial charge in [-0.2, -0.15) is 0 Å². The van der Waals surface area contributed by atoms with Crippen molar-refractivity contribution in [2.75, 3.05) is 13.2 Å². The molecule has 0 saturated heterocycles. The molecule has 0 bridgehead atoms. The van der Waals surface area contributed by atoms with Crippen molar-refractivity contribution in [1.29, 1.82) is 0 Å². The van der Waals surface area contributed by atoms with Crippen LogP contribution in [-0.4, -0.2) is 29.5 Å². The van der Waals surface area contributed by atoms with Crippen LogP contribution in [0.5, 0.6) is 5.75 Å². The van der Waals surface area contributed by atoms with Gasteiger partial charge in [0.2, 0.25) is 0 Å². The molecule has 1 unspecified atom stereocenters. The van der Waals surface area contributed by atoms with Crippen molar-refractivity contribution in [3.05, 3.63) is 59.9 Å². The van der Waals surface area contributed by atoms with Gasteiger partial charge in [-0.05, 0) is 35.7 Å². The average Bonchev–Trinajstić information content (AvgIpc) is 3.38. The van der Waals surface area contributed by atoms with Gasteiger partial charge in [-0.3, -0.25) is 0 Å². The van der Waals surface area contributed by atoms with Crippen molar-refractivity contribution in [3.8, 4) is 17.0 Å². The number of furan rings is 1. The van der Waals surface area contributed by atoms with Crippen LogP contribution in [0.25, 0.3) is 21.5 Å². The minimum atomic E-state index is -0.621. The number of thiophene rings is 1. The first kappa shape index (κ1) is 16.8. The van der Waals surface area contributed by atoms with Crippen molar-refractivity contribution in [2.24, 2.45) is 0 Å². The molecule has 26 heavy (non-hydrogen) atoms. The normalized spacial score (nSPS) is 12.5. The van der Waals surface area contributed by atoms with Gasteiger partial charge in [-0.1, -0.05) is 17.3 Å². The van der Waals surface area contributed by atoms with E-state index in [0.29, 0.717) is 18.8 Å². The van der Waals surface area contributed by atoms with E-state index in [1.807, 2.05) is 47.8 Å². The standard InChI is InChI=1S/C19H18N2O4S/c22-14(10-20-11-16-5-2-7-23-16)12-24-15-4-1-3-13(9-15)18-19-17(25-21-18)6-8-26-19/h1-9,14,20,22H,10-12H2. The Morgan fingerprint density at radius 2 is 2.19 bits per heavy atom. The van der Waals surface area contributed by atoms with Gasteiger partial charge in [0.15, 0.2) is 5.58 Å². The Labute approximate surface area is 154 Å². The zero-order chi connectivity index (χ0) is 17.8. The maximum Gasteiger partial charge on any atom is 0.178 e. The van der Waals surface area contributed by atoms with Crippen LogP contribution in [0.15, 0.2) is 63.0 Å². The smallest absolute Gasteiger partial charge is 0.178 e. The molecule has 0 spiro atoms. The molecule has 1 aromatic carbocycles. The number of aliphatic hydroxyl groups excluding tert-OH is 1. The predicted octanol–water partition coefficient (Wildman–Crippen LogP) is 3.68. The Morgan fingerprint density at radius 3 is 3.08 bits per heavy atom. The molecule has 4 aromatic rings. The topological polar surface area (TPSA) is 80.7 Å². The van der Waals surface area contributed by atoms with Crippen molar-refractivity contribution in [3.63, 3.8) is 0 Å². The monoisotopic (exact) mass is 370 g/mol. The number of fused-ring (bicyclic) bond motifs is 1. The molecule has 3 aromatic heterocycles. The van der Waals surface area contributed by atoms with Gasteiger partial charge >= 0.3 is 0 Å². The number of nitrogens with one attached hydrogen (secondary N) is 1. The van der Waals surface area contributed by atoms with E-state index in [4.69, 9.17) is 13.7 Å². The van der Waals surface area contributed by atoms with Gasteiger partial charge in [-0.15, -0.1) is 11.3 Å². The third-order valence-corrected chi connectivity index (χ3v) is 4.79. The fourth-order valence-electron chi connectivity index (χ4n) is 2.62. The summed E-state index contributed by atoms with van der Waals surface area (Å²) in [6, 6.07) is 13.3. The molecule has 1 atom stereocenters. The van der Waals surface area contributed by atoms with Crippen molar-refractivity contribution in [1.82, 2.24) is 10.5 Å². The molecular formula is C19H18N2O4S. The molecule has 7 heteroatoms. The molecular weight excluding hydrogens is 352 g/mol. The second kappa shape index (κ2) is 7.74. The summed E-state index contributed by atoms with van der Waals surface area (Å²) in [5.41, 5.74) is 2.52. The van der Waals surface area contributed by atoms with Gasteiger partial charge in [0.25, 0.3) is 0 Å². The number of ether oxygens (including phenoxy) is 1. The van der Waals surface area contributed by atoms with Crippen LogP contribution in [0.2, 0.25) is 0 Å². The summed E-state index contributed by atoms with van der Waals surface area (Å²) in [6.07, 6.45) is 1.01. The molecule has 0 radical (unpaired) electrons. The van der Waals surface area contributed by atoms with Gasteiger partial charge < -0.3 is 24.1 Å². The summed E-state index contributed by atoms with van der Waals surface area (Å²) in [4.78, 5) is 0. The van der Waals surface area contributed by atoms with Crippen LogP contribution in [0.1, 0.15) is 5.76 Å². The lowest BCUT2D eigenvalue weighted by Crippen LogP contribution is -2.31. The lowest BCUT2D eigenvalue weighted by atomic mass is 10.1. The molecule has 0 amide bonds. The van der Waals surface area contributed by atoms with E-state index in [2.05, 4.69) is 10.5 Å². The van der Waals surface area contributed by atoms with Crippen molar-refractivity contribution in [2.45, 2.75) is 12.6 Å². The van der Waals surface area contributed by atoms with E-state index in [1.165, 1.54) is 0 Å². The first-order chi connectivity index (χ1) is 12.8. The Kier molecular flexibility index (Phi) is 5.01. The second-order valence-corrected chi connectivity index (χ2v) is 6.76. The zero-order valence-corrected chi connectivity index (χ0v) is 14.7. The first-order valence-corrected chi connectivity index (χ1v) is 9.15. The van der Waals surface area contributed by atoms with Gasteiger partial charge in [0, 0.05) is 12.1 Å². The molecule has 6 nitrogen and oxygen atoms in total. The highest BCUT2D eigenvalue weighted by molar-refractivity contribution is 7.17. The highest BCUT2D eigenvalue weighted by atomic mass is 32.1. The molecule has 3 heterocycles. The molecule has 0 saturated carbocycles.